The molecule has 0 fully saturated rings. The summed E-state index contributed by atoms with van der Waals surface area (Å²) in [6, 6.07) is 10.3. The van der Waals surface area contributed by atoms with Crippen molar-refractivity contribution in [3.8, 4) is 11.6 Å². The number of allylic oxidation sites excluding steroid dienone is 1. The van der Waals surface area contributed by atoms with Crippen LogP contribution >= 0.6 is 35.2 Å². The van der Waals surface area contributed by atoms with Crippen molar-refractivity contribution in [1.82, 2.24) is 4.57 Å². The standard InChI is InChI=1S/C20H14ClFN2OS2/c1-2-11-4-3-5-14-12(10-23-18(11)14)8-17-19(25)24(20(26)27-17)13-6-7-16(22)15(21)9-13/h3-10,25H,2H2,1H3. The molecule has 136 valence electrons. The van der Waals surface area contributed by atoms with Crippen LogP contribution in [0.3, 0.4) is 0 Å². The molecule has 1 N–H and O–H groups in total. The van der Waals surface area contributed by atoms with Crippen molar-refractivity contribution >= 4 is 58.7 Å². The van der Waals surface area contributed by atoms with Gasteiger partial charge in [0, 0.05) is 17.4 Å². The summed E-state index contributed by atoms with van der Waals surface area (Å²) in [4.78, 5) is 5.13. The predicted octanol–water partition coefficient (Wildman–Crippen LogP) is 6.59. The molecule has 0 aliphatic carbocycles. The van der Waals surface area contributed by atoms with Gasteiger partial charge < -0.3 is 5.11 Å². The van der Waals surface area contributed by atoms with E-state index in [9.17, 15) is 9.50 Å². The molecule has 1 aliphatic heterocycles. The van der Waals surface area contributed by atoms with Crippen molar-refractivity contribution in [3.05, 3.63) is 67.2 Å². The summed E-state index contributed by atoms with van der Waals surface area (Å²) >= 11 is 12.5. The van der Waals surface area contributed by atoms with Crippen LogP contribution in [0.1, 0.15) is 22.9 Å². The van der Waals surface area contributed by atoms with E-state index >= 15 is 0 Å². The fourth-order valence-electron chi connectivity index (χ4n) is 3.05. The number of fused-ring (bicyclic) bond motifs is 1. The van der Waals surface area contributed by atoms with Gasteiger partial charge >= 0.3 is 0 Å². The fraction of sp³-hybridized carbons (Fsp3) is 0.100. The summed E-state index contributed by atoms with van der Waals surface area (Å²) in [5, 5.41) is 10.7. The second-order valence-electron chi connectivity index (χ2n) is 6.01. The first-order valence-electron chi connectivity index (χ1n) is 8.28. The molecule has 3 nitrogen and oxygen atoms in total. The van der Waals surface area contributed by atoms with Gasteiger partial charge in [0.25, 0.3) is 0 Å². The average molecular weight is 417 g/mol. The number of aromatic hydroxyl groups is 1. The van der Waals surface area contributed by atoms with Gasteiger partial charge in [0.15, 0.2) is 3.95 Å². The van der Waals surface area contributed by atoms with E-state index in [4.69, 9.17) is 23.8 Å². The number of thiazole rings is 1. The molecule has 2 heterocycles. The topological polar surface area (TPSA) is 37.5 Å². The lowest BCUT2D eigenvalue weighted by atomic mass is 10.0. The first kappa shape index (κ1) is 18.1. The molecule has 3 aromatic rings. The summed E-state index contributed by atoms with van der Waals surface area (Å²) in [5.41, 5.74) is 4.61. The molecular weight excluding hydrogens is 403 g/mol. The smallest absolute Gasteiger partial charge is 0.215 e. The molecule has 27 heavy (non-hydrogen) atoms. The second-order valence-corrected chi connectivity index (χ2v) is 8.10. The quantitative estimate of drug-likeness (QED) is 0.489. The number of para-hydroxylation sites is 1. The molecule has 0 saturated heterocycles. The van der Waals surface area contributed by atoms with E-state index in [-0.39, 0.29) is 10.9 Å². The molecule has 0 radical (unpaired) electrons. The van der Waals surface area contributed by atoms with Gasteiger partial charge in [0.2, 0.25) is 5.88 Å². The first-order valence-corrected chi connectivity index (χ1v) is 9.88. The number of nitrogens with zero attached hydrogens (tertiary/aromatic N) is 2. The maximum absolute atomic E-state index is 13.4. The average Bonchev–Trinajstić information content (AvgIpc) is 3.19. The third-order valence-electron chi connectivity index (χ3n) is 4.40. The molecule has 2 aromatic carbocycles. The lowest BCUT2D eigenvalue weighted by molar-refractivity contribution is 0.441. The fourth-order valence-corrected chi connectivity index (χ4v) is 4.53. The Hall–Kier alpha value is -2.28. The zero-order valence-corrected chi connectivity index (χ0v) is 16.6. The Balaban J connectivity index is 1.80. The molecule has 0 atom stereocenters. The van der Waals surface area contributed by atoms with Crippen molar-refractivity contribution in [3.63, 3.8) is 0 Å². The Kier molecular flexibility index (Phi) is 4.72. The van der Waals surface area contributed by atoms with Crippen LogP contribution in [0, 0.1) is 9.77 Å². The lowest BCUT2D eigenvalue weighted by Gasteiger charge is -2.06. The van der Waals surface area contributed by atoms with Crippen LogP contribution in [0.2, 0.25) is 5.02 Å². The number of aromatic nitrogens is 1. The van der Waals surface area contributed by atoms with Crippen molar-refractivity contribution < 1.29 is 9.50 Å². The minimum absolute atomic E-state index is 0.00586. The van der Waals surface area contributed by atoms with Gasteiger partial charge in [-0.05, 0) is 48.5 Å². The highest BCUT2D eigenvalue weighted by atomic mass is 35.5. The molecule has 0 amide bonds. The van der Waals surface area contributed by atoms with Crippen molar-refractivity contribution in [2.75, 3.05) is 0 Å². The number of halogens is 2. The van der Waals surface area contributed by atoms with Crippen molar-refractivity contribution in [2.24, 2.45) is 4.99 Å². The Bertz CT molecular complexity index is 1180. The van der Waals surface area contributed by atoms with Crippen molar-refractivity contribution in [1.29, 1.82) is 0 Å². The molecule has 0 saturated carbocycles. The Morgan fingerprint density at radius 2 is 2.15 bits per heavy atom. The number of hydrogen-bond acceptors (Lipinski definition) is 4. The van der Waals surface area contributed by atoms with Gasteiger partial charge in [-0.25, -0.2) is 4.39 Å². The SMILES string of the molecule is CCc1cccc2c1N=CC2=Cc1sc(=S)n(-c2ccc(F)c(Cl)c2)c1O. The zero-order chi connectivity index (χ0) is 19.1. The van der Waals surface area contributed by atoms with E-state index in [1.54, 1.807) is 6.21 Å². The minimum atomic E-state index is -0.519. The molecule has 1 aliphatic rings. The zero-order valence-electron chi connectivity index (χ0n) is 14.2. The van der Waals surface area contributed by atoms with E-state index in [1.165, 1.54) is 39.7 Å². The first-order chi connectivity index (χ1) is 13.0. The summed E-state index contributed by atoms with van der Waals surface area (Å²) in [6.45, 7) is 2.10. The number of aliphatic imine (C=N–C) groups is 1. The molecular formula is C20H14ClFN2OS2. The second kappa shape index (κ2) is 7.03. The summed E-state index contributed by atoms with van der Waals surface area (Å²) < 4.78 is 15.4. The van der Waals surface area contributed by atoms with Gasteiger partial charge in [-0.15, -0.1) is 11.3 Å². The van der Waals surface area contributed by atoms with E-state index in [1.807, 2.05) is 18.2 Å². The third-order valence-corrected chi connectivity index (χ3v) is 6.00. The van der Waals surface area contributed by atoms with Crippen LogP contribution in [0.15, 0.2) is 41.4 Å². The van der Waals surface area contributed by atoms with Crippen molar-refractivity contribution in [2.45, 2.75) is 13.3 Å². The summed E-state index contributed by atoms with van der Waals surface area (Å²) in [6.07, 6.45) is 4.57. The highest BCUT2D eigenvalue weighted by Gasteiger charge is 2.18. The highest BCUT2D eigenvalue weighted by Crippen LogP contribution is 2.39. The van der Waals surface area contributed by atoms with Crippen LogP contribution in [0.4, 0.5) is 10.1 Å². The van der Waals surface area contributed by atoms with Gasteiger partial charge in [-0.2, -0.15) is 0 Å². The molecule has 1 aromatic heterocycles. The number of aryl methyl sites for hydroxylation is 1. The highest BCUT2D eigenvalue weighted by molar-refractivity contribution is 7.73. The Labute approximate surface area is 169 Å². The molecule has 7 heteroatoms. The largest absolute Gasteiger partial charge is 0.493 e. The molecule has 4 rings (SSSR count). The minimum Gasteiger partial charge on any atom is -0.493 e. The molecule has 0 unspecified atom stereocenters. The Morgan fingerprint density at radius 1 is 1.33 bits per heavy atom. The van der Waals surface area contributed by atoms with Crippen LogP contribution in [-0.4, -0.2) is 15.9 Å². The monoisotopic (exact) mass is 416 g/mol. The molecule has 0 bridgehead atoms. The predicted molar refractivity (Wildman–Crippen MR) is 113 cm³/mol. The van der Waals surface area contributed by atoms with Gasteiger partial charge in [-0.3, -0.25) is 9.56 Å². The maximum Gasteiger partial charge on any atom is 0.215 e. The van der Waals surface area contributed by atoms with Gasteiger partial charge in [0.1, 0.15) is 5.82 Å². The van der Waals surface area contributed by atoms with Gasteiger partial charge in [-0.1, -0.05) is 36.7 Å². The van der Waals surface area contributed by atoms with E-state index in [0.717, 1.165) is 23.2 Å². The number of hydrogen-bond donors (Lipinski definition) is 1. The third kappa shape index (κ3) is 3.14. The lowest BCUT2D eigenvalue weighted by Crippen LogP contribution is -1.94. The van der Waals surface area contributed by atoms with Gasteiger partial charge in [0.05, 0.1) is 21.3 Å². The van der Waals surface area contributed by atoms with Crippen LogP contribution in [0.25, 0.3) is 17.3 Å². The van der Waals surface area contributed by atoms with Crippen LogP contribution in [0.5, 0.6) is 5.88 Å². The van der Waals surface area contributed by atoms with Crippen LogP contribution < -0.4 is 0 Å². The molecule has 0 spiro atoms. The number of benzene rings is 2. The summed E-state index contributed by atoms with van der Waals surface area (Å²) in [7, 11) is 0. The van der Waals surface area contributed by atoms with Crippen LogP contribution in [-0.2, 0) is 6.42 Å². The number of rotatable bonds is 3. The maximum atomic E-state index is 13.4. The normalized spacial score (nSPS) is 14.1. The van der Waals surface area contributed by atoms with E-state index in [0.29, 0.717) is 14.5 Å². The van der Waals surface area contributed by atoms with E-state index < -0.39 is 5.82 Å². The van der Waals surface area contributed by atoms with E-state index in [2.05, 4.69) is 18.0 Å². The summed E-state index contributed by atoms with van der Waals surface area (Å²) in [5.74, 6) is -0.525. The Morgan fingerprint density at radius 3 is 2.89 bits per heavy atom.